The van der Waals surface area contributed by atoms with Gasteiger partial charge >= 0.3 is 17.8 Å². The van der Waals surface area contributed by atoms with Gasteiger partial charge in [-0.25, -0.2) is 9.59 Å². The highest BCUT2D eigenvalue weighted by atomic mass is 19.4. The normalized spacial score (nSPS) is 16.4. The van der Waals surface area contributed by atoms with Gasteiger partial charge in [0.05, 0.1) is 29.2 Å². The van der Waals surface area contributed by atoms with E-state index < -0.39 is 34.9 Å². The Balaban J connectivity index is 2.30. The third-order valence-corrected chi connectivity index (χ3v) is 4.32. The van der Waals surface area contributed by atoms with E-state index in [9.17, 15) is 27.6 Å². The van der Waals surface area contributed by atoms with E-state index in [1.54, 1.807) is 6.92 Å². The number of fused-ring (bicyclic) bond motifs is 1. The number of esters is 1. The predicted molar refractivity (Wildman–Crippen MR) is 93.9 cm³/mol. The van der Waals surface area contributed by atoms with Gasteiger partial charge in [-0.1, -0.05) is 18.2 Å². The fourth-order valence-electron chi connectivity index (χ4n) is 3.19. The van der Waals surface area contributed by atoms with E-state index in [1.165, 1.54) is 19.1 Å². The van der Waals surface area contributed by atoms with Crippen LogP contribution in [0.3, 0.4) is 0 Å². The van der Waals surface area contributed by atoms with Crippen molar-refractivity contribution in [2.45, 2.75) is 25.9 Å². The van der Waals surface area contributed by atoms with Crippen LogP contribution in [0, 0.1) is 0 Å². The van der Waals surface area contributed by atoms with Gasteiger partial charge in [0.1, 0.15) is 5.82 Å². The molecule has 3 N–H and O–H groups in total. The summed E-state index contributed by atoms with van der Waals surface area (Å²) in [6.45, 7) is 3.14. The summed E-state index contributed by atoms with van der Waals surface area (Å²) < 4.78 is 44.6. The van der Waals surface area contributed by atoms with Crippen LogP contribution in [-0.4, -0.2) is 22.5 Å². The Kier molecular flexibility index (Phi) is 4.88. The number of halogens is 3. The van der Waals surface area contributed by atoms with Crippen LogP contribution in [0.2, 0.25) is 0 Å². The molecule has 0 saturated heterocycles. The second-order valence-electron chi connectivity index (χ2n) is 6.14. The number of alkyl halides is 3. The highest BCUT2D eigenvalue weighted by Gasteiger charge is 2.37. The number of H-pyrrole nitrogens is 2. The van der Waals surface area contributed by atoms with Crippen molar-refractivity contribution in [1.29, 1.82) is 0 Å². The summed E-state index contributed by atoms with van der Waals surface area (Å²) >= 11 is 0. The Morgan fingerprint density at radius 3 is 2.57 bits per heavy atom. The molecule has 0 spiro atoms. The van der Waals surface area contributed by atoms with Crippen molar-refractivity contribution >= 4 is 11.8 Å². The highest BCUT2D eigenvalue weighted by molar-refractivity contribution is 5.94. The summed E-state index contributed by atoms with van der Waals surface area (Å²) in [6, 6.07) is 4.34. The van der Waals surface area contributed by atoms with Crippen LogP contribution in [0.25, 0.3) is 0 Å². The van der Waals surface area contributed by atoms with Gasteiger partial charge in [-0.2, -0.15) is 13.2 Å². The minimum Gasteiger partial charge on any atom is -0.463 e. The van der Waals surface area contributed by atoms with Crippen LogP contribution < -0.4 is 16.6 Å². The molecule has 7 nitrogen and oxygen atoms in total. The van der Waals surface area contributed by atoms with E-state index >= 15 is 0 Å². The number of aromatic amines is 2. The Hall–Kier alpha value is -3.30. The molecule has 0 saturated carbocycles. The molecule has 2 aromatic rings. The second-order valence-corrected chi connectivity index (χ2v) is 6.14. The molecule has 28 heavy (non-hydrogen) atoms. The fraction of sp³-hybridized carbons (Fsp3) is 0.278. The number of allylic oxidation sites excluding steroid dienone is 1. The van der Waals surface area contributed by atoms with Crippen LogP contribution in [0.5, 0.6) is 0 Å². The van der Waals surface area contributed by atoms with Gasteiger partial charge in [-0.15, -0.1) is 0 Å². The van der Waals surface area contributed by atoms with Gasteiger partial charge in [0.2, 0.25) is 0 Å². The molecule has 0 bridgehead atoms. The standard InChI is InChI=1S/C18H16F3N3O4/c1-3-28-16(26)11-8(2)22-14-13(15(25)24-17(27)23-14)12(11)9-5-4-6-10(7-9)18(19,20)21/h4-7,12H,3H2,1-2H3,(H3,22,23,24,25,27)/t12-/m1/s1. The van der Waals surface area contributed by atoms with E-state index in [2.05, 4.69) is 10.3 Å². The Labute approximate surface area is 156 Å². The topological polar surface area (TPSA) is 104 Å². The number of carbonyl (C=O) groups excluding carboxylic acids is 1. The lowest BCUT2D eigenvalue weighted by Gasteiger charge is -2.29. The van der Waals surface area contributed by atoms with Crippen molar-refractivity contribution < 1.29 is 22.7 Å². The molecule has 0 radical (unpaired) electrons. The first kappa shape index (κ1) is 19.5. The smallest absolute Gasteiger partial charge is 0.416 e. The fourth-order valence-corrected chi connectivity index (χ4v) is 3.19. The molecule has 0 aliphatic carbocycles. The summed E-state index contributed by atoms with van der Waals surface area (Å²) in [5, 5.41) is 2.76. The molecule has 148 valence electrons. The Bertz CT molecular complexity index is 1080. The maximum absolute atomic E-state index is 13.2. The first-order valence-electron chi connectivity index (χ1n) is 8.32. The predicted octanol–water partition coefficient (Wildman–Crippen LogP) is 2.48. The van der Waals surface area contributed by atoms with Crippen molar-refractivity contribution in [2.75, 3.05) is 11.9 Å². The quantitative estimate of drug-likeness (QED) is 0.693. The number of rotatable bonds is 3. The lowest BCUT2D eigenvalue weighted by molar-refractivity contribution is -0.139. The zero-order chi connectivity index (χ0) is 20.6. The van der Waals surface area contributed by atoms with Gasteiger partial charge in [0, 0.05) is 5.70 Å². The lowest BCUT2D eigenvalue weighted by Crippen LogP contribution is -2.35. The van der Waals surface area contributed by atoms with Crippen LogP contribution in [0.1, 0.15) is 36.5 Å². The molecule has 0 fully saturated rings. The van der Waals surface area contributed by atoms with E-state index in [1.807, 2.05) is 4.98 Å². The van der Waals surface area contributed by atoms with Crippen LogP contribution in [0.15, 0.2) is 45.1 Å². The molecular formula is C18H16F3N3O4. The molecule has 0 amide bonds. The molecule has 1 aliphatic rings. The lowest BCUT2D eigenvalue weighted by atomic mass is 9.82. The number of aromatic nitrogens is 2. The number of benzene rings is 1. The van der Waals surface area contributed by atoms with Crippen molar-refractivity contribution in [1.82, 2.24) is 9.97 Å². The Morgan fingerprint density at radius 2 is 1.93 bits per heavy atom. The van der Waals surface area contributed by atoms with E-state index in [4.69, 9.17) is 4.74 Å². The first-order chi connectivity index (χ1) is 13.1. The monoisotopic (exact) mass is 395 g/mol. The summed E-state index contributed by atoms with van der Waals surface area (Å²) in [5.41, 5.74) is -2.29. The van der Waals surface area contributed by atoms with Gasteiger partial charge in [-0.05, 0) is 25.5 Å². The minimum absolute atomic E-state index is 0.00813. The third-order valence-electron chi connectivity index (χ3n) is 4.32. The van der Waals surface area contributed by atoms with Gasteiger partial charge in [0.25, 0.3) is 5.56 Å². The van der Waals surface area contributed by atoms with Gasteiger partial charge < -0.3 is 10.1 Å². The number of nitrogens with one attached hydrogen (secondary N) is 3. The molecule has 3 rings (SSSR count). The van der Waals surface area contributed by atoms with E-state index in [0.29, 0.717) is 0 Å². The van der Waals surface area contributed by atoms with Crippen molar-refractivity contribution in [3.63, 3.8) is 0 Å². The first-order valence-corrected chi connectivity index (χ1v) is 8.32. The summed E-state index contributed by atoms with van der Waals surface area (Å²) in [5.74, 6) is -1.91. The second kappa shape index (κ2) is 7.02. The van der Waals surface area contributed by atoms with E-state index in [-0.39, 0.29) is 34.8 Å². The average Bonchev–Trinajstić information content (AvgIpc) is 2.59. The Morgan fingerprint density at radius 1 is 1.21 bits per heavy atom. The summed E-state index contributed by atoms with van der Waals surface area (Å²) in [7, 11) is 0. The number of hydrogen-bond donors (Lipinski definition) is 3. The molecule has 2 heterocycles. The maximum Gasteiger partial charge on any atom is 0.416 e. The van der Waals surface area contributed by atoms with Crippen molar-refractivity contribution in [3.05, 3.63) is 73.1 Å². The SMILES string of the molecule is CCOC(=O)C1=C(C)Nc2[nH]c(=O)[nH]c(=O)c2[C@@H]1c1cccc(C(F)(F)F)c1. The highest BCUT2D eigenvalue weighted by Crippen LogP contribution is 2.40. The van der Waals surface area contributed by atoms with Crippen molar-refractivity contribution in [2.24, 2.45) is 0 Å². The van der Waals surface area contributed by atoms with Crippen LogP contribution in [0.4, 0.5) is 19.0 Å². The average molecular weight is 395 g/mol. The molecule has 1 aliphatic heterocycles. The summed E-state index contributed by atoms with van der Waals surface area (Å²) in [6.07, 6.45) is -4.61. The van der Waals surface area contributed by atoms with Crippen molar-refractivity contribution in [3.8, 4) is 0 Å². The van der Waals surface area contributed by atoms with Gasteiger partial charge in [0.15, 0.2) is 0 Å². The molecule has 1 aromatic heterocycles. The number of carbonyl (C=O) groups is 1. The zero-order valence-electron chi connectivity index (χ0n) is 14.9. The largest absolute Gasteiger partial charge is 0.463 e. The molecule has 0 unspecified atom stereocenters. The number of anilines is 1. The van der Waals surface area contributed by atoms with Crippen LogP contribution >= 0.6 is 0 Å². The molecule has 1 aromatic carbocycles. The zero-order valence-corrected chi connectivity index (χ0v) is 14.9. The molecule has 1 atom stereocenters. The van der Waals surface area contributed by atoms with Gasteiger partial charge in [-0.3, -0.25) is 14.8 Å². The summed E-state index contributed by atoms with van der Waals surface area (Å²) in [4.78, 5) is 41.1. The third kappa shape index (κ3) is 3.45. The molecule has 10 heteroatoms. The van der Waals surface area contributed by atoms with Crippen LogP contribution in [-0.2, 0) is 15.7 Å². The maximum atomic E-state index is 13.2. The number of ether oxygens (including phenoxy) is 1. The minimum atomic E-state index is -4.61. The van der Waals surface area contributed by atoms with E-state index in [0.717, 1.165) is 12.1 Å². The molecular weight excluding hydrogens is 379 g/mol. The number of hydrogen-bond acceptors (Lipinski definition) is 5.